The van der Waals surface area contributed by atoms with Crippen LogP contribution in [0.4, 0.5) is 4.79 Å². The summed E-state index contributed by atoms with van der Waals surface area (Å²) in [6.07, 6.45) is -0.299. The fraction of sp³-hybridized carbons (Fsp3) is 0.231. The summed E-state index contributed by atoms with van der Waals surface area (Å²) in [6, 6.07) is 10.1. The quantitative estimate of drug-likeness (QED) is 0.695. The van der Waals surface area contributed by atoms with Crippen molar-refractivity contribution in [3.63, 3.8) is 0 Å². The van der Waals surface area contributed by atoms with Crippen molar-refractivity contribution in [3.8, 4) is 0 Å². The molecule has 86 valence electrons. The smallest absolute Gasteiger partial charge is 0.410 e. The molecule has 3 rings (SSSR count). The predicted molar refractivity (Wildman–Crippen MR) is 63.4 cm³/mol. The third-order valence-electron chi connectivity index (χ3n) is 3.03. The number of aromatic nitrogens is 1. The number of hydrogen-bond donors (Lipinski definition) is 0. The molecule has 17 heavy (non-hydrogen) atoms. The Bertz CT molecular complexity index is 550. The maximum atomic E-state index is 11.5. The highest BCUT2D eigenvalue weighted by molar-refractivity contribution is 5.80. The van der Waals surface area contributed by atoms with Crippen LogP contribution in [0.3, 0.4) is 0 Å². The molecule has 0 saturated carbocycles. The van der Waals surface area contributed by atoms with Crippen LogP contribution in [-0.2, 0) is 17.8 Å². The summed E-state index contributed by atoms with van der Waals surface area (Å²) >= 11 is 0. The topological polar surface area (TPSA) is 42.4 Å². The van der Waals surface area contributed by atoms with Crippen LogP contribution in [0.15, 0.2) is 30.3 Å². The van der Waals surface area contributed by atoms with E-state index in [4.69, 9.17) is 4.74 Å². The van der Waals surface area contributed by atoms with Crippen LogP contribution in [0, 0.1) is 0 Å². The first kappa shape index (κ1) is 10.1. The molecular formula is C13H12N2O2. The van der Waals surface area contributed by atoms with Crippen LogP contribution in [0.2, 0.25) is 0 Å². The number of benzene rings is 1. The number of carbonyl (C=O) groups is 1. The number of fused-ring (bicyclic) bond motifs is 2. The summed E-state index contributed by atoms with van der Waals surface area (Å²) in [4.78, 5) is 17.7. The minimum Gasteiger partial charge on any atom is -0.453 e. The molecule has 0 saturated heterocycles. The molecule has 0 fully saturated rings. The summed E-state index contributed by atoms with van der Waals surface area (Å²) < 4.78 is 4.72. The molecule has 1 amide bonds. The number of amides is 1. The number of para-hydroxylation sites is 1. The Morgan fingerprint density at radius 2 is 2.18 bits per heavy atom. The van der Waals surface area contributed by atoms with E-state index in [9.17, 15) is 4.79 Å². The van der Waals surface area contributed by atoms with Crippen LogP contribution in [0.25, 0.3) is 10.9 Å². The van der Waals surface area contributed by atoms with Crippen LogP contribution < -0.4 is 0 Å². The Kier molecular flexibility index (Phi) is 2.21. The van der Waals surface area contributed by atoms with Gasteiger partial charge in [0.15, 0.2) is 0 Å². The lowest BCUT2D eigenvalue weighted by Gasteiger charge is -2.11. The molecule has 0 N–H and O–H groups in total. The van der Waals surface area contributed by atoms with Gasteiger partial charge in [0.1, 0.15) is 0 Å². The first-order chi connectivity index (χ1) is 8.28. The van der Waals surface area contributed by atoms with Crippen molar-refractivity contribution < 1.29 is 9.53 Å². The van der Waals surface area contributed by atoms with Gasteiger partial charge in [-0.2, -0.15) is 0 Å². The molecule has 0 radical (unpaired) electrons. The summed E-state index contributed by atoms with van der Waals surface area (Å²) in [7, 11) is 1.40. The van der Waals surface area contributed by atoms with Gasteiger partial charge in [-0.25, -0.2) is 4.79 Å². The molecule has 4 heteroatoms. The number of pyridine rings is 1. The van der Waals surface area contributed by atoms with Gasteiger partial charge in [0.05, 0.1) is 31.4 Å². The van der Waals surface area contributed by atoms with Crippen LogP contribution in [0.5, 0.6) is 0 Å². The Morgan fingerprint density at radius 3 is 3.00 bits per heavy atom. The van der Waals surface area contributed by atoms with Gasteiger partial charge in [0.2, 0.25) is 0 Å². The number of nitrogens with zero attached hydrogens (tertiary/aromatic N) is 2. The highest BCUT2D eigenvalue weighted by Gasteiger charge is 2.25. The average molecular weight is 228 g/mol. The summed E-state index contributed by atoms with van der Waals surface area (Å²) in [5.41, 5.74) is 3.04. The Hall–Kier alpha value is -2.10. The monoisotopic (exact) mass is 228 g/mol. The molecule has 0 unspecified atom stereocenters. The second-order valence-electron chi connectivity index (χ2n) is 4.11. The maximum absolute atomic E-state index is 11.5. The fourth-order valence-electron chi connectivity index (χ4n) is 2.17. The Morgan fingerprint density at radius 1 is 1.35 bits per heavy atom. The van der Waals surface area contributed by atoms with Crippen LogP contribution >= 0.6 is 0 Å². The Balaban J connectivity index is 2.02. The van der Waals surface area contributed by atoms with E-state index in [2.05, 4.69) is 11.1 Å². The molecule has 1 aromatic carbocycles. The lowest BCUT2D eigenvalue weighted by atomic mass is 10.1. The second kappa shape index (κ2) is 3.73. The molecule has 0 bridgehead atoms. The SMILES string of the molecule is COC(=O)N1Cc2cc3ccccc3nc2C1. The van der Waals surface area contributed by atoms with Gasteiger partial charge in [-0.1, -0.05) is 18.2 Å². The van der Waals surface area contributed by atoms with Crippen molar-refractivity contribution in [2.45, 2.75) is 13.1 Å². The van der Waals surface area contributed by atoms with E-state index in [1.807, 2.05) is 24.3 Å². The van der Waals surface area contributed by atoms with E-state index in [1.54, 1.807) is 4.90 Å². The zero-order chi connectivity index (χ0) is 11.8. The summed E-state index contributed by atoms with van der Waals surface area (Å²) in [6.45, 7) is 1.12. The second-order valence-corrected chi connectivity index (χ2v) is 4.11. The van der Waals surface area contributed by atoms with Gasteiger partial charge < -0.3 is 4.74 Å². The van der Waals surface area contributed by atoms with Gasteiger partial charge in [-0.15, -0.1) is 0 Å². The number of ether oxygens (including phenoxy) is 1. The highest BCUT2D eigenvalue weighted by Crippen LogP contribution is 2.25. The number of carbonyl (C=O) groups excluding carboxylic acids is 1. The molecule has 2 heterocycles. The van der Waals surface area contributed by atoms with Gasteiger partial charge in [0, 0.05) is 5.39 Å². The molecule has 0 atom stereocenters. The standard InChI is InChI=1S/C13H12N2O2/c1-17-13(16)15-7-10-6-9-4-2-3-5-11(9)14-12(10)8-15/h2-6H,7-8H2,1H3. The van der Waals surface area contributed by atoms with E-state index in [1.165, 1.54) is 7.11 Å². The van der Waals surface area contributed by atoms with Crippen molar-refractivity contribution in [2.24, 2.45) is 0 Å². The minimum absolute atomic E-state index is 0.299. The normalized spacial score (nSPS) is 13.8. The molecule has 1 aliphatic rings. The molecule has 1 aromatic heterocycles. The predicted octanol–water partition coefficient (Wildman–Crippen LogP) is 2.32. The number of rotatable bonds is 0. The third-order valence-corrected chi connectivity index (χ3v) is 3.03. The zero-order valence-corrected chi connectivity index (χ0v) is 9.51. The molecule has 1 aliphatic heterocycles. The third kappa shape index (κ3) is 1.62. The Labute approximate surface area is 98.8 Å². The zero-order valence-electron chi connectivity index (χ0n) is 9.51. The van der Waals surface area contributed by atoms with Gasteiger partial charge in [-0.3, -0.25) is 9.88 Å². The first-order valence-corrected chi connectivity index (χ1v) is 5.48. The van der Waals surface area contributed by atoms with Gasteiger partial charge in [-0.05, 0) is 17.7 Å². The highest BCUT2D eigenvalue weighted by atomic mass is 16.5. The number of methoxy groups -OCH3 is 1. The van der Waals surface area contributed by atoms with Crippen LogP contribution in [-0.4, -0.2) is 23.1 Å². The lowest BCUT2D eigenvalue weighted by molar-refractivity contribution is 0.123. The minimum atomic E-state index is -0.299. The van der Waals surface area contributed by atoms with Crippen molar-refractivity contribution >= 4 is 17.0 Å². The maximum Gasteiger partial charge on any atom is 0.410 e. The van der Waals surface area contributed by atoms with Crippen molar-refractivity contribution in [2.75, 3.05) is 7.11 Å². The van der Waals surface area contributed by atoms with Gasteiger partial charge in [0.25, 0.3) is 0 Å². The van der Waals surface area contributed by atoms with E-state index < -0.39 is 0 Å². The van der Waals surface area contributed by atoms with Crippen molar-refractivity contribution in [3.05, 3.63) is 41.6 Å². The van der Waals surface area contributed by atoms with E-state index in [0.717, 1.165) is 22.2 Å². The number of hydrogen-bond acceptors (Lipinski definition) is 3. The molecule has 0 aliphatic carbocycles. The van der Waals surface area contributed by atoms with E-state index in [0.29, 0.717) is 13.1 Å². The van der Waals surface area contributed by atoms with Crippen LogP contribution in [0.1, 0.15) is 11.3 Å². The molecule has 2 aromatic rings. The molecular weight excluding hydrogens is 216 g/mol. The van der Waals surface area contributed by atoms with Crippen molar-refractivity contribution in [1.82, 2.24) is 9.88 Å². The first-order valence-electron chi connectivity index (χ1n) is 5.48. The van der Waals surface area contributed by atoms with Crippen molar-refractivity contribution in [1.29, 1.82) is 0 Å². The molecule has 0 spiro atoms. The molecule has 4 nitrogen and oxygen atoms in total. The summed E-state index contributed by atoms with van der Waals surface area (Å²) in [5, 5.41) is 1.11. The van der Waals surface area contributed by atoms with Gasteiger partial charge >= 0.3 is 6.09 Å². The average Bonchev–Trinajstić information content (AvgIpc) is 2.77. The van der Waals surface area contributed by atoms with E-state index in [-0.39, 0.29) is 6.09 Å². The fourth-order valence-corrected chi connectivity index (χ4v) is 2.17. The van der Waals surface area contributed by atoms with E-state index >= 15 is 0 Å². The summed E-state index contributed by atoms with van der Waals surface area (Å²) in [5.74, 6) is 0. The largest absolute Gasteiger partial charge is 0.453 e. The lowest BCUT2D eigenvalue weighted by Crippen LogP contribution is -2.24.